The minimum Gasteiger partial charge on any atom is -0.247 e. The fourth-order valence-corrected chi connectivity index (χ4v) is 2.93. The van der Waals surface area contributed by atoms with Crippen LogP contribution in [0.15, 0.2) is 42.5 Å². The third kappa shape index (κ3) is 2.37. The molecular weight excluding hydrogens is 285 g/mol. The molecule has 0 saturated heterocycles. The van der Waals surface area contributed by atoms with Gasteiger partial charge in [0.1, 0.15) is 0 Å². The van der Waals surface area contributed by atoms with Crippen LogP contribution in [0, 0.1) is 6.92 Å². The van der Waals surface area contributed by atoms with E-state index in [1.165, 1.54) is 10.9 Å². The van der Waals surface area contributed by atoms with Crippen LogP contribution in [-0.2, 0) is 0 Å². The Balaban J connectivity index is 0.00000120. The van der Waals surface area contributed by atoms with Crippen molar-refractivity contribution in [1.29, 1.82) is 0 Å². The summed E-state index contributed by atoms with van der Waals surface area (Å²) >= 11 is 7.52. The quantitative estimate of drug-likeness (QED) is 0.590. The number of thiophene rings is 1. The maximum Gasteiger partial charge on any atom is 0.0935 e. The molecule has 92 valence electrons. The van der Waals surface area contributed by atoms with E-state index in [1.54, 1.807) is 11.3 Å². The summed E-state index contributed by atoms with van der Waals surface area (Å²) in [5.41, 5.74) is 3.28. The number of fused-ring (bicyclic) bond motifs is 1. The van der Waals surface area contributed by atoms with Gasteiger partial charge in [-0.3, -0.25) is 0 Å². The average Bonchev–Trinajstić information content (AvgIpc) is 2.76. The van der Waals surface area contributed by atoms with Crippen molar-refractivity contribution in [2.45, 2.75) is 6.92 Å². The number of benzene rings is 1. The van der Waals surface area contributed by atoms with Gasteiger partial charge >= 0.3 is 0 Å². The smallest absolute Gasteiger partial charge is 0.0935 e. The van der Waals surface area contributed by atoms with Crippen molar-refractivity contribution in [2.75, 3.05) is 0 Å². The Bertz CT molecular complexity index is 691. The predicted molar refractivity (Wildman–Crippen MR) is 82.1 cm³/mol. The lowest BCUT2D eigenvalue weighted by atomic mass is 10.1. The Hall–Kier alpha value is -1.09. The molecule has 0 aliphatic carbocycles. The molecule has 4 heteroatoms. The molecule has 1 aromatic carbocycles. The normalized spacial score (nSPS) is 10.3. The number of pyridine rings is 1. The van der Waals surface area contributed by atoms with Crippen molar-refractivity contribution in [1.82, 2.24) is 4.98 Å². The number of para-hydroxylation sites is 1. The first-order valence-electron chi connectivity index (χ1n) is 5.36. The lowest BCUT2D eigenvalue weighted by Crippen LogP contribution is -1.86. The number of hydrogen-bond acceptors (Lipinski definition) is 2. The highest BCUT2D eigenvalue weighted by molar-refractivity contribution is 7.19. The van der Waals surface area contributed by atoms with Gasteiger partial charge in [0.15, 0.2) is 0 Å². The van der Waals surface area contributed by atoms with Gasteiger partial charge in [-0.15, -0.1) is 23.7 Å². The van der Waals surface area contributed by atoms with Gasteiger partial charge in [0, 0.05) is 5.39 Å². The lowest BCUT2D eigenvalue weighted by Gasteiger charge is -2.04. The molecule has 0 aliphatic heterocycles. The van der Waals surface area contributed by atoms with E-state index >= 15 is 0 Å². The molecule has 0 amide bonds. The van der Waals surface area contributed by atoms with Crippen LogP contribution < -0.4 is 0 Å². The molecular formula is C14H11Cl2NS. The van der Waals surface area contributed by atoms with E-state index in [0.29, 0.717) is 0 Å². The van der Waals surface area contributed by atoms with Crippen molar-refractivity contribution >= 4 is 46.2 Å². The van der Waals surface area contributed by atoms with E-state index in [-0.39, 0.29) is 12.4 Å². The minimum absolute atomic E-state index is 0. The standard InChI is InChI=1S/C14H10ClNS.ClH/c1-9-8-12(13-6-7-14(15)17-13)16-11-5-3-2-4-10(9)11;/h2-8H,1H3;1H. The predicted octanol–water partition coefficient (Wildman–Crippen LogP) is 5.35. The van der Waals surface area contributed by atoms with Crippen LogP contribution in [0.2, 0.25) is 4.34 Å². The summed E-state index contributed by atoms with van der Waals surface area (Å²) < 4.78 is 0.799. The maximum atomic E-state index is 5.96. The summed E-state index contributed by atoms with van der Waals surface area (Å²) in [5.74, 6) is 0. The van der Waals surface area contributed by atoms with Gasteiger partial charge in [-0.2, -0.15) is 0 Å². The zero-order chi connectivity index (χ0) is 11.8. The summed E-state index contributed by atoms with van der Waals surface area (Å²) in [6.07, 6.45) is 0. The van der Waals surface area contributed by atoms with Crippen LogP contribution in [0.4, 0.5) is 0 Å². The summed E-state index contributed by atoms with van der Waals surface area (Å²) in [5, 5.41) is 1.21. The highest BCUT2D eigenvalue weighted by Gasteiger charge is 2.06. The van der Waals surface area contributed by atoms with E-state index < -0.39 is 0 Å². The van der Waals surface area contributed by atoms with E-state index in [2.05, 4.69) is 24.0 Å². The van der Waals surface area contributed by atoms with Gasteiger partial charge in [0.25, 0.3) is 0 Å². The monoisotopic (exact) mass is 295 g/mol. The molecule has 0 unspecified atom stereocenters. The third-order valence-corrected chi connectivity index (χ3v) is 4.00. The first-order valence-corrected chi connectivity index (χ1v) is 6.55. The van der Waals surface area contributed by atoms with Crippen molar-refractivity contribution in [2.24, 2.45) is 0 Å². The lowest BCUT2D eigenvalue weighted by molar-refractivity contribution is 1.38. The fraction of sp³-hybridized carbons (Fsp3) is 0.0714. The Labute approximate surface area is 121 Å². The second-order valence-corrected chi connectivity index (χ2v) is 5.66. The van der Waals surface area contributed by atoms with Gasteiger partial charge in [0.05, 0.1) is 20.4 Å². The molecule has 0 radical (unpaired) electrons. The van der Waals surface area contributed by atoms with Crippen LogP contribution >= 0.6 is 35.3 Å². The molecule has 18 heavy (non-hydrogen) atoms. The first kappa shape index (κ1) is 13.3. The van der Waals surface area contributed by atoms with Crippen molar-refractivity contribution in [3.05, 3.63) is 52.4 Å². The minimum atomic E-state index is 0. The largest absolute Gasteiger partial charge is 0.247 e. The summed E-state index contributed by atoms with van der Waals surface area (Å²) in [6, 6.07) is 14.2. The van der Waals surface area contributed by atoms with Crippen LogP contribution in [-0.4, -0.2) is 4.98 Å². The van der Waals surface area contributed by atoms with E-state index in [0.717, 1.165) is 20.4 Å². The fourth-order valence-electron chi connectivity index (χ4n) is 1.93. The molecule has 3 rings (SSSR count). The van der Waals surface area contributed by atoms with Gasteiger partial charge in [0.2, 0.25) is 0 Å². The molecule has 0 saturated carbocycles. The average molecular weight is 296 g/mol. The molecule has 0 fully saturated rings. The maximum absolute atomic E-state index is 5.96. The molecule has 0 aliphatic rings. The molecule has 2 aromatic heterocycles. The highest BCUT2D eigenvalue weighted by Crippen LogP contribution is 2.31. The summed E-state index contributed by atoms with van der Waals surface area (Å²) in [6.45, 7) is 2.11. The van der Waals surface area contributed by atoms with Gasteiger partial charge in [-0.05, 0) is 36.8 Å². The van der Waals surface area contributed by atoms with E-state index in [1.807, 2.05) is 30.3 Å². The van der Waals surface area contributed by atoms with Gasteiger partial charge in [-0.25, -0.2) is 4.98 Å². The van der Waals surface area contributed by atoms with Gasteiger partial charge in [-0.1, -0.05) is 29.8 Å². The Kier molecular flexibility index (Phi) is 3.91. The molecule has 0 N–H and O–H groups in total. The number of halogens is 2. The second-order valence-electron chi connectivity index (χ2n) is 3.95. The summed E-state index contributed by atoms with van der Waals surface area (Å²) in [4.78, 5) is 5.79. The number of rotatable bonds is 1. The molecule has 3 aromatic rings. The number of aromatic nitrogens is 1. The van der Waals surface area contributed by atoms with Crippen LogP contribution in [0.1, 0.15) is 5.56 Å². The first-order chi connectivity index (χ1) is 8.24. The zero-order valence-corrected chi connectivity index (χ0v) is 12.1. The van der Waals surface area contributed by atoms with Crippen LogP contribution in [0.3, 0.4) is 0 Å². The zero-order valence-electron chi connectivity index (χ0n) is 9.68. The topological polar surface area (TPSA) is 12.9 Å². The molecule has 1 nitrogen and oxygen atoms in total. The molecule has 0 bridgehead atoms. The van der Waals surface area contributed by atoms with Gasteiger partial charge < -0.3 is 0 Å². The number of hydrogen-bond donors (Lipinski definition) is 0. The van der Waals surface area contributed by atoms with E-state index in [4.69, 9.17) is 11.6 Å². The highest BCUT2D eigenvalue weighted by atomic mass is 35.5. The van der Waals surface area contributed by atoms with Crippen LogP contribution in [0.25, 0.3) is 21.5 Å². The van der Waals surface area contributed by atoms with Crippen molar-refractivity contribution < 1.29 is 0 Å². The molecule has 2 heterocycles. The van der Waals surface area contributed by atoms with Crippen LogP contribution in [0.5, 0.6) is 0 Å². The third-order valence-electron chi connectivity index (χ3n) is 2.75. The second kappa shape index (κ2) is 5.27. The number of nitrogens with zero attached hydrogens (tertiary/aromatic N) is 1. The Morgan fingerprint density at radius 2 is 1.89 bits per heavy atom. The van der Waals surface area contributed by atoms with E-state index in [9.17, 15) is 0 Å². The van der Waals surface area contributed by atoms with Crippen molar-refractivity contribution in [3.63, 3.8) is 0 Å². The Morgan fingerprint density at radius 3 is 2.61 bits per heavy atom. The summed E-state index contributed by atoms with van der Waals surface area (Å²) in [7, 11) is 0. The van der Waals surface area contributed by atoms with Crippen molar-refractivity contribution in [3.8, 4) is 10.6 Å². The molecule has 0 spiro atoms. The SMILES string of the molecule is Cc1cc(-c2ccc(Cl)s2)nc2ccccc12.Cl. The number of aryl methyl sites for hydroxylation is 1. The molecule has 0 atom stereocenters. The Morgan fingerprint density at radius 1 is 1.11 bits per heavy atom.